The average Bonchev–Trinajstić information content (AvgIpc) is 3.14. The highest BCUT2D eigenvalue weighted by atomic mass is 32.2. The Kier molecular flexibility index (Phi) is 7.43. The highest BCUT2D eigenvalue weighted by Crippen LogP contribution is 2.39. The molecule has 0 N–H and O–H groups in total. The van der Waals surface area contributed by atoms with Crippen LogP contribution in [0.3, 0.4) is 0 Å². The van der Waals surface area contributed by atoms with Crippen molar-refractivity contribution >= 4 is 17.7 Å². The minimum absolute atomic E-state index is 0.177. The van der Waals surface area contributed by atoms with Crippen molar-refractivity contribution in [3.05, 3.63) is 94.5 Å². The van der Waals surface area contributed by atoms with E-state index >= 15 is 0 Å². The smallest absolute Gasteiger partial charge is 0.254 e. The molecule has 36 heavy (non-hydrogen) atoms. The maximum absolute atomic E-state index is 13.5. The zero-order valence-electron chi connectivity index (χ0n) is 21.9. The third kappa shape index (κ3) is 5.34. The summed E-state index contributed by atoms with van der Waals surface area (Å²) in [4.78, 5) is 17.0. The van der Waals surface area contributed by atoms with Crippen LogP contribution in [0.1, 0.15) is 78.1 Å². The molecule has 3 aromatic rings. The van der Waals surface area contributed by atoms with Crippen molar-refractivity contribution < 1.29 is 9.53 Å². The van der Waals surface area contributed by atoms with Crippen molar-refractivity contribution in [2.45, 2.75) is 88.1 Å². The Labute approximate surface area is 220 Å². The first-order valence-electron chi connectivity index (χ1n) is 13.3. The van der Waals surface area contributed by atoms with E-state index in [9.17, 15) is 4.79 Å². The summed E-state index contributed by atoms with van der Waals surface area (Å²) in [5.74, 6) is 2.52. The van der Waals surface area contributed by atoms with Gasteiger partial charge in [0.15, 0.2) is 0 Å². The summed E-state index contributed by atoms with van der Waals surface area (Å²) in [6, 6.07) is 23.8. The molecule has 0 saturated carbocycles. The molecular formula is C32H37NO2S. The van der Waals surface area contributed by atoms with Gasteiger partial charge in [-0.1, -0.05) is 61.9 Å². The predicted molar refractivity (Wildman–Crippen MR) is 149 cm³/mol. The number of para-hydroxylation sites is 1. The minimum atomic E-state index is 0.177. The number of benzene rings is 3. The molecule has 2 heterocycles. The predicted octanol–water partition coefficient (Wildman–Crippen LogP) is 7.93. The number of aryl methyl sites for hydroxylation is 2. The Bertz CT molecular complexity index is 1210. The number of ether oxygens (including phenoxy) is 1. The van der Waals surface area contributed by atoms with Crippen molar-refractivity contribution in [1.82, 2.24) is 4.90 Å². The first-order valence-corrected chi connectivity index (χ1v) is 14.2. The van der Waals surface area contributed by atoms with E-state index in [4.69, 9.17) is 4.74 Å². The molecule has 2 fully saturated rings. The topological polar surface area (TPSA) is 29.5 Å². The number of carbonyl (C=O) groups excluding carboxylic acids is 1. The third-order valence-electron chi connectivity index (χ3n) is 7.70. The van der Waals surface area contributed by atoms with Gasteiger partial charge in [-0.2, -0.15) is 0 Å². The molecule has 0 spiro atoms. The maximum Gasteiger partial charge on any atom is 0.254 e. The van der Waals surface area contributed by atoms with Crippen molar-refractivity contribution in [1.29, 1.82) is 0 Å². The van der Waals surface area contributed by atoms with Crippen molar-refractivity contribution in [2.75, 3.05) is 0 Å². The molecule has 5 rings (SSSR count). The standard InChI is InChI=1S/C32H37NO2S/c1-21(2)29-7-5-6-8-30(29)35-28-18-26-15-16-27(19-28)33(26)32(34)25-13-11-24(12-14-25)20-36-31-17-22(3)9-10-23(31)4/h5-14,17,21,26-28H,15-16,18-20H2,1-4H3. The third-order valence-corrected chi connectivity index (χ3v) is 8.93. The maximum atomic E-state index is 13.5. The minimum Gasteiger partial charge on any atom is -0.490 e. The first kappa shape index (κ1) is 25.0. The van der Waals surface area contributed by atoms with E-state index < -0.39 is 0 Å². The zero-order valence-corrected chi connectivity index (χ0v) is 22.7. The Morgan fingerprint density at radius 1 is 0.972 bits per heavy atom. The molecule has 2 aliphatic rings. The van der Waals surface area contributed by atoms with Gasteiger partial charge in [-0.05, 0) is 73.6 Å². The van der Waals surface area contributed by atoms with Gasteiger partial charge in [0.25, 0.3) is 5.91 Å². The molecule has 3 nitrogen and oxygen atoms in total. The molecule has 2 unspecified atom stereocenters. The SMILES string of the molecule is Cc1ccc(C)c(SCc2ccc(C(=O)N3C4CCC3CC(Oc3ccccc3C(C)C)C4)cc2)c1. The number of nitrogens with zero attached hydrogens (tertiary/aromatic N) is 1. The van der Waals surface area contributed by atoms with E-state index in [1.54, 1.807) is 0 Å². The summed E-state index contributed by atoms with van der Waals surface area (Å²) < 4.78 is 6.52. The Balaban J connectivity index is 1.21. The summed E-state index contributed by atoms with van der Waals surface area (Å²) >= 11 is 1.86. The van der Waals surface area contributed by atoms with Gasteiger partial charge in [0.1, 0.15) is 11.9 Å². The van der Waals surface area contributed by atoms with Gasteiger partial charge in [0.2, 0.25) is 0 Å². The van der Waals surface area contributed by atoms with E-state index in [-0.39, 0.29) is 24.1 Å². The number of rotatable bonds is 7. The summed E-state index contributed by atoms with van der Waals surface area (Å²) in [6.45, 7) is 8.72. The number of amides is 1. The quantitative estimate of drug-likeness (QED) is 0.309. The van der Waals surface area contributed by atoms with Gasteiger partial charge >= 0.3 is 0 Å². The highest BCUT2D eigenvalue weighted by molar-refractivity contribution is 7.98. The molecule has 2 atom stereocenters. The van der Waals surface area contributed by atoms with Crippen molar-refractivity contribution in [2.24, 2.45) is 0 Å². The molecule has 2 saturated heterocycles. The monoisotopic (exact) mass is 499 g/mol. The number of hydrogen-bond acceptors (Lipinski definition) is 3. The van der Waals surface area contributed by atoms with E-state index in [1.807, 2.05) is 23.9 Å². The fourth-order valence-electron chi connectivity index (χ4n) is 5.72. The van der Waals surface area contributed by atoms with E-state index in [2.05, 4.69) is 87.2 Å². The van der Waals surface area contributed by atoms with Crippen LogP contribution < -0.4 is 4.74 Å². The molecular weight excluding hydrogens is 462 g/mol. The van der Waals surface area contributed by atoms with Gasteiger partial charge in [0, 0.05) is 41.1 Å². The van der Waals surface area contributed by atoms with Gasteiger partial charge < -0.3 is 9.64 Å². The second-order valence-electron chi connectivity index (χ2n) is 10.8. The normalized spacial score (nSPS) is 21.1. The summed E-state index contributed by atoms with van der Waals surface area (Å²) in [7, 11) is 0. The van der Waals surface area contributed by atoms with Crippen LogP contribution in [0.5, 0.6) is 5.75 Å². The van der Waals surface area contributed by atoms with E-state index in [0.29, 0.717) is 5.92 Å². The molecule has 4 heteroatoms. The fourth-order valence-corrected chi connectivity index (χ4v) is 6.80. The number of hydrogen-bond donors (Lipinski definition) is 0. The van der Waals surface area contributed by atoms with Crippen LogP contribution in [0.15, 0.2) is 71.6 Å². The Hall–Kier alpha value is -2.72. The number of fused-ring (bicyclic) bond motifs is 2. The van der Waals surface area contributed by atoms with Crippen LogP contribution in [0.4, 0.5) is 0 Å². The van der Waals surface area contributed by atoms with Crippen molar-refractivity contribution in [3.8, 4) is 5.75 Å². The van der Waals surface area contributed by atoms with E-state index in [0.717, 1.165) is 42.7 Å². The van der Waals surface area contributed by atoms with Gasteiger partial charge in [0.05, 0.1) is 0 Å². The van der Waals surface area contributed by atoms with Crippen LogP contribution in [-0.2, 0) is 5.75 Å². The molecule has 3 aromatic carbocycles. The van der Waals surface area contributed by atoms with Crippen LogP contribution >= 0.6 is 11.8 Å². The lowest BCUT2D eigenvalue weighted by Crippen LogP contribution is -2.49. The van der Waals surface area contributed by atoms with Gasteiger partial charge in [-0.25, -0.2) is 0 Å². The van der Waals surface area contributed by atoms with Crippen LogP contribution in [-0.4, -0.2) is 29.0 Å². The summed E-state index contributed by atoms with van der Waals surface area (Å²) in [5.41, 5.74) is 5.91. The summed E-state index contributed by atoms with van der Waals surface area (Å²) in [5, 5.41) is 0. The molecule has 1 amide bonds. The molecule has 0 aromatic heterocycles. The van der Waals surface area contributed by atoms with Gasteiger partial charge in [-0.3, -0.25) is 4.79 Å². The average molecular weight is 500 g/mol. The lowest BCUT2D eigenvalue weighted by atomic mass is 9.97. The lowest BCUT2D eigenvalue weighted by molar-refractivity contribution is 0.0356. The second kappa shape index (κ2) is 10.7. The van der Waals surface area contributed by atoms with Crippen LogP contribution in [0.25, 0.3) is 0 Å². The lowest BCUT2D eigenvalue weighted by Gasteiger charge is -2.39. The first-order chi connectivity index (χ1) is 17.4. The van der Waals surface area contributed by atoms with E-state index in [1.165, 1.54) is 27.1 Å². The van der Waals surface area contributed by atoms with Crippen LogP contribution in [0, 0.1) is 13.8 Å². The molecule has 2 bridgehead atoms. The van der Waals surface area contributed by atoms with Gasteiger partial charge in [-0.15, -0.1) is 11.8 Å². The second-order valence-corrected chi connectivity index (χ2v) is 11.8. The summed E-state index contributed by atoms with van der Waals surface area (Å²) in [6.07, 6.45) is 4.16. The van der Waals surface area contributed by atoms with Crippen molar-refractivity contribution in [3.63, 3.8) is 0 Å². The highest BCUT2D eigenvalue weighted by Gasteiger charge is 2.44. The number of piperidine rings is 1. The fraction of sp³-hybridized carbons (Fsp3) is 0.406. The number of carbonyl (C=O) groups is 1. The zero-order chi connectivity index (χ0) is 25.2. The molecule has 0 radical (unpaired) electrons. The van der Waals surface area contributed by atoms with Crippen LogP contribution in [0.2, 0.25) is 0 Å². The molecule has 0 aliphatic carbocycles. The Morgan fingerprint density at radius 2 is 1.67 bits per heavy atom. The number of thioether (sulfide) groups is 1. The Morgan fingerprint density at radius 3 is 2.36 bits per heavy atom. The molecule has 188 valence electrons. The molecule has 2 aliphatic heterocycles. The largest absolute Gasteiger partial charge is 0.490 e.